The Morgan fingerprint density at radius 2 is 2.38 bits per heavy atom. The van der Waals surface area contributed by atoms with Crippen LogP contribution in [0.25, 0.3) is 0 Å². The highest BCUT2D eigenvalue weighted by atomic mass is 35.5. The highest BCUT2D eigenvalue weighted by molar-refractivity contribution is 6.28. The summed E-state index contributed by atoms with van der Waals surface area (Å²) in [7, 11) is 1.77. The number of nitrogens with one attached hydrogen (secondary N) is 1. The van der Waals surface area contributed by atoms with Crippen molar-refractivity contribution < 1.29 is 4.42 Å². The predicted octanol–water partition coefficient (Wildman–Crippen LogP) is 1.97. The Kier molecular flexibility index (Phi) is 1.44. The number of furan rings is 1. The van der Waals surface area contributed by atoms with Crippen molar-refractivity contribution in [2.75, 3.05) is 12.4 Å². The van der Waals surface area contributed by atoms with Crippen LogP contribution in [0.5, 0.6) is 0 Å². The van der Waals surface area contributed by atoms with Crippen LogP contribution in [0.15, 0.2) is 16.5 Å². The number of anilines is 1. The van der Waals surface area contributed by atoms with Crippen molar-refractivity contribution in [2.45, 2.75) is 0 Å². The molecule has 8 heavy (non-hydrogen) atoms. The minimum Gasteiger partial charge on any atom is -0.429 e. The molecule has 0 aliphatic rings. The Hall–Kier alpha value is -0.630. The summed E-state index contributed by atoms with van der Waals surface area (Å²) in [5, 5.41) is 3.21. The van der Waals surface area contributed by atoms with E-state index in [9.17, 15) is 0 Å². The summed E-state index contributed by atoms with van der Waals surface area (Å²) in [6.07, 6.45) is 0. The van der Waals surface area contributed by atoms with Crippen LogP contribution >= 0.6 is 11.6 Å². The van der Waals surface area contributed by atoms with E-state index in [-0.39, 0.29) is 0 Å². The molecule has 1 heterocycles. The Balaban J connectivity index is 2.84. The van der Waals surface area contributed by atoms with E-state index in [2.05, 4.69) is 5.32 Å². The molecule has 0 amide bonds. The van der Waals surface area contributed by atoms with E-state index in [0.29, 0.717) is 11.1 Å². The summed E-state index contributed by atoms with van der Waals surface area (Å²) < 4.78 is 4.89. The first-order valence-electron chi connectivity index (χ1n) is 2.26. The van der Waals surface area contributed by atoms with Crippen LogP contribution in [0.2, 0.25) is 5.22 Å². The van der Waals surface area contributed by atoms with E-state index in [1.54, 1.807) is 19.2 Å². The average molecular weight is 132 g/mol. The minimum atomic E-state index is 0.411. The summed E-state index contributed by atoms with van der Waals surface area (Å²) in [5.41, 5.74) is 0. The maximum Gasteiger partial charge on any atom is 0.195 e. The molecule has 3 heteroatoms. The quantitative estimate of drug-likeness (QED) is 0.631. The monoisotopic (exact) mass is 131 g/mol. The first-order chi connectivity index (χ1) is 3.83. The summed E-state index contributed by atoms with van der Waals surface area (Å²) in [6, 6.07) is 3.45. The van der Waals surface area contributed by atoms with Gasteiger partial charge in [-0.05, 0) is 17.7 Å². The van der Waals surface area contributed by atoms with Gasteiger partial charge in [0.2, 0.25) is 0 Å². The fraction of sp³-hybridized carbons (Fsp3) is 0.200. The highest BCUT2D eigenvalue weighted by Crippen LogP contribution is 2.16. The fourth-order valence-corrected chi connectivity index (χ4v) is 0.595. The second-order valence-electron chi connectivity index (χ2n) is 1.35. The Labute approximate surface area is 52.4 Å². The lowest BCUT2D eigenvalue weighted by Crippen LogP contribution is -1.81. The zero-order valence-electron chi connectivity index (χ0n) is 4.44. The van der Waals surface area contributed by atoms with Gasteiger partial charge in [-0.2, -0.15) is 0 Å². The molecule has 0 unspecified atom stereocenters. The molecule has 0 atom stereocenters. The van der Waals surface area contributed by atoms with Crippen molar-refractivity contribution in [3.63, 3.8) is 0 Å². The van der Waals surface area contributed by atoms with Crippen molar-refractivity contribution >= 4 is 17.5 Å². The van der Waals surface area contributed by atoms with Crippen LogP contribution in [0.1, 0.15) is 0 Å². The third-order valence-corrected chi connectivity index (χ3v) is 1.02. The van der Waals surface area contributed by atoms with Crippen LogP contribution in [0.3, 0.4) is 0 Å². The van der Waals surface area contributed by atoms with Crippen molar-refractivity contribution in [1.82, 2.24) is 0 Å². The molecule has 1 aromatic heterocycles. The van der Waals surface area contributed by atoms with Crippen molar-refractivity contribution in [3.8, 4) is 0 Å². The number of halogens is 1. The fourth-order valence-electron chi connectivity index (χ4n) is 0.449. The smallest absolute Gasteiger partial charge is 0.195 e. The summed E-state index contributed by atoms with van der Waals surface area (Å²) in [4.78, 5) is 0. The zero-order valence-corrected chi connectivity index (χ0v) is 5.20. The molecule has 44 valence electrons. The van der Waals surface area contributed by atoms with E-state index < -0.39 is 0 Å². The molecule has 1 aromatic rings. The minimum absolute atomic E-state index is 0.411. The van der Waals surface area contributed by atoms with Crippen LogP contribution in [0.4, 0.5) is 5.88 Å². The molecule has 0 aliphatic heterocycles. The molecule has 0 saturated heterocycles. The molecular weight excluding hydrogens is 126 g/mol. The molecule has 0 aliphatic carbocycles. The van der Waals surface area contributed by atoms with Gasteiger partial charge in [-0.1, -0.05) is 0 Å². The Bertz CT molecular complexity index is 173. The van der Waals surface area contributed by atoms with E-state index in [0.717, 1.165) is 0 Å². The SMILES string of the molecule is CNc1ccc(Cl)o1. The second-order valence-corrected chi connectivity index (χ2v) is 1.73. The normalized spacial score (nSPS) is 9.25. The van der Waals surface area contributed by atoms with Crippen LogP contribution in [-0.2, 0) is 0 Å². The van der Waals surface area contributed by atoms with Gasteiger partial charge >= 0.3 is 0 Å². The summed E-state index contributed by atoms with van der Waals surface area (Å²) in [6.45, 7) is 0. The van der Waals surface area contributed by atoms with Crippen LogP contribution < -0.4 is 5.32 Å². The van der Waals surface area contributed by atoms with Gasteiger partial charge in [0.05, 0.1) is 0 Å². The van der Waals surface area contributed by atoms with Crippen molar-refractivity contribution in [3.05, 3.63) is 17.4 Å². The molecule has 0 aromatic carbocycles. The first-order valence-corrected chi connectivity index (χ1v) is 2.64. The third kappa shape index (κ3) is 0.954. The maximum absolute atomic E-state index is 5.43. The van der Waals surface area contributed by atoms with Gasteiger partial charge in [-0.3, -0.25) is 0 Å². The van der Waals surface area contributed by atoms with E-state index in [1.165, 1.54) is 0 Å². The maximum atomic E-state index is 5.43. The van der Waals surface area contributed by atoms with Gasteiger partial charge < -0.3 is 9.73 Å². The molecule has 0 bridgehead atoms. The highest BCUT2D eigenvalue weighted by Gasteiger charge is 1.92. The zero-order chi connectivity index (χ0) is 5.98. The van der Waals surface area contributed by atoms with Gasteiger partial charge in [-0.15, -0.1) is 0 Å². The van der Waals surface area contributed by atoms with Crippen molar-refractivity contribution in [2.24, 2.45) is 0 Å². The van der Waals surface area contributed by atoms with Crippen LogP contribution in [-0.4, -0.2) is 7.05 Å². The van der Waals surface area contributed by atoms with E-state index in [1.807, 2.05) is 0 Å². The molecule has 0 saturated carbocycles. The predicted molar refractivity (Wildman–Crippen MR) is 33.3 cm³/mol. The van der Waals surface area contributed by atoms with Crippen LogP contribution in [0, 0.1) is 0 Å². The Morgan fingerprint density at radius 1 is 1.62 bits per heavy atom. The molecule has 0 spiro atoms. The first kappa shape index (κ1) is 5.51. The second kappa shape index (κ2) is 2.09. The van der Waals surface area contributed by atoms with Crippen molar-refractivity contribution in [1.29, 1.82) is 0 Å². The van der Waals surface area contributed by atoms with E-state index in [4.69, 9.17) is 16.0 Å². The van der Waals surface area contributed by atoms with Gasteiger partial charge in [-0.25, -0.2) is 0 Å². The number of rotatable bonds is 1. The molecule has 0 fully saturated rings. The van der Waals surface area contributed by atoms with Gasteiger partial charge in [0.25, 0.3) is 0 Å². The molecule has 0 radical (unpaired) electrons. The molecule has 2 nitrogen and oxygen atoms in total. The largest absolute Gasteiger partial charge is 0.429 e. The average Bonchev–Trinajstić information content (AvgIpc) is 2.14. The lowest BCUT2D eigenvalue weighted by molar-refractivity contribution is 0.585. The lowest BCUT2D eigenvalue weighted by Gasteiger charge is -1.86. The topological polar surface area (TPSA) is 25.2 Å². The number of hydrogen-bond donors (Lipinski definition) is 1. The third-order valence-electron chi connectivity index (χ3n) is 0.820. The number of hydrogen-bond acceptors (Lipinski definition) is 2. The lowest BCUT2D eigenvalue weighted by atomic mass is 10.6. The Morgan fingerprint density at radius 3 is 2.62 bits per heavy atom. The van der Waals surface area contributed by atoms with Gasteiger partial charge in [0, 0.05) is 13.1 Å². The molecule has 1 N–H and O–H groups in total. The van der Waals surface area contributed by atoms with E-state index >= 15 is 0 Å². The summed E-state index contributed by atoms with van der Waals surface area (Å²) in [5.74, 6) is 0.690. The summed E-state index contributed by atoms with van der Waals surface area (Å²) >= 11 is 5.43. The molecular formula is C5H6ClNO. The van der Waals surface area contributed by atoms with Gasteiger partial charge in [0.1, 0.15) is 0 Å². The molecule has 1 rings (SSSR count). The van der Waals surface area contributed by atoms with Gasteiger partial charge in [0.15, 0.2) is 11.1 Å². The standard InChI is InChI=1S/C5H6ClNO/c1-7-5-3-2-4(6)8-5/h2-3,7H,1H3.